The molecular weight excluding hydrogens is 248 g/mol. The number of halogens is 6. The zero-order valence-electron chi connectivity index (χ0n) is 8.71. The number of hydrogen-bond acceptors (Lipinski definition) is 1. The van der Waals surface area contributed by atoms with E-state index in [-0.39, 0.29) is 18.1 Å². The molecule has 0 aliphatic carbocycles. The summed E-state index contributed by atoms with van der Waals surface area (Å²) in [5, 5.41) is 0. The highest BCUT2D eigenvalue weighted by Crippen LogP contribution is 2.40. The van der Waals surface area contributed by atoms with E-state index in [9.17, 15) is 26.3 Å². The van der Waals surface area contributed by atoms with Crippen LogP contribution in [0.3, 0.4) is 0 Å². The number of benzene rings is 1. The Morgan fingerprint density at radius 1 is 1.00 bits per heavy atom. The first-order valence-electron chi connectivity index (χ1n) is 4.64. The van der Waals surface area contributed by atoms with Crippen LogP contribution < -0.4 is 5.73 Å². The summed E-state index contributed by atoms with van der Waals surface area (Å²) < 4.78 is 74.6. The highest BCUT2D eigenvalue weighted by atomic mass is 19.4. The van der Waals surface area contributed by atoms with E-state index in [2.05, 4.69) is 0 Å². The molecule has 0 aliphatic heterocycles. The number of nitrogens with two attached hydrogens (primary N) is 1. The fraction of sp³-hybridized carbons (Fsp3) is 0.400. The third-order valence-corrected chi connectivity index (χ3v) is 2.28. The van der Waals surface area contributed by atoms with E-state index in [1.807, 2.05) is 0 Å². The van der Waals surface area contributed by atoms with E-state index in [0.29, 0.717) is 6.07 Å². The van der Waals surface area contributed by atoms with Gasteiger partial charge in [0.05, 0.1) is 11.1 Å². The van der Waals surface area contributed by atoms with Crippen LogP contribution in [0.2, 0.25) is 0 Å². The standard InChI is InChI=1S/C10H9F6N/c1-2-5-3-6(9(11,12)13)4-7(8(5)17)10(14,15)16/h3-4H,2,17H2,1H3. The first kappa shape index (κ1) is 13.7. The lowest BCUT2D eigenvalue weighted by Gasteiger charge is -2.16. The Hall–Kier alpha value is -1.40. The number of anilines is 1. The fourth-order valence-electron chi connectivity index (χ4n) is 1.40. The lowest BCUT2D eigenvalue weighted by molar-refractivity contribution is -0.142. The summed E-state index contributed by atoms with van der Waals surface area (Å²) in [6.45, 7) is 1.44. The van der Waals surface area contributed by atoms with E-state index in [1.54, 1.807) is 0 Å². The lowest BCUT2D eigenvalue weighted by atomic mass is 10.0. The van der Waals surface area contributed by atoms with E-state index in [0.717, 1.165) is 0 Å². The van der Waals surface area contributed by atoms with Gasteiger partial charge in [-0.25, -0.2) is 0 Å². The normalized spacial score (nSPS) is 12.9. The second kappa shape index (κ2) is 4.12. The largest absolute Gasteiger partial charge is 0.418 e. The van der Waals surface area contributed by atoms with Gasteiger partial charge in [0.1, 0.15) is 0 Å². The molecule has 0 spiro atoms. The van der Waals surface area contributed by atoms with E-state index >= 15 is 0 Å². The van der Waals surface area contributed by atoms with Gasteiger partial charge in [-0.1, -0.05) is 6.92 Å². The maximum absolute atomic E-state index is 12.5. The van der Waals surface area contributed by atoms with E-state index in [4.69, 9.17) is 5.73 Å². The number of aryl methyl sites for hydroxylation is 1. The van der Waals surface area contributed by atoms with Crippen molar-refractivity contribution in [2.45, 2.75) is 25.7 Å². The van der Waals surface area contributed by atoms with Crippen LogP contribution in [0.4, 0.5) is 32.0 Å². The van der Waals surface area contributed by atoms with Gasteiger partial charge < -0.3 is 5.73 Å². The minimum atomic E-state index is -4.89. The molecule has 0 radical (unpaired) electrons. The summed E-state index contributed by atoms with van der Waals surface area (Å²) in [5.41, 5.74) is 1.62. The average Bonchev–Trinajstić information content (AvgIpc) is 2.14. The third-order valence-electron chi connectivity index (χ3n) is 2.28. The Morgan fingerprint density at radius 3 is 1.88 bits per heavy atom. The van der Waals surface area contributed by atoms with Crippen LogP contribution in [0.5, 0.6) is 0 Å². The molecule has 0 aromatic heterocycles. The van der Waals surface area contributed by atoms with Gasteiger partial charge in [0, 0.05) is 5.69 Å². The van der Waals surface area contributed by atoms with Gasteiger partial charge in [-0.15, -0.1) is 0 Å². The molecule has 1 nitrogen and oxygen atoms in total. The highest BCUT2D eigenvalue weighted by molar-refractivity contribution is 5.57. The van der Waals surface area contributed by atoms with E-state index in [1.165, 1.54) is 6.92 Å². The van der Waals surface area contributed by atoms with Crippen LogP contribution in [0, 0.1) is 0 Å². The molecule has 1 aromatic carbocycles. The number of nitrogen functional groups attached to an aromatic ring is 1. The Balaban J connectivity index is 3.50. The van der Waals surface area contributed by atoms with Crippen LogP contribution in [-0.2, 0) is 18.8 Å². The highest BCUT2D eigenvalue weighted by Gasteiger charge is 2.38. The maximum Gasteiger partial charge on any atom is 0.418 e. The van der Waals surface area contributed by atoms with Crippen LogP contribution in [0.15, 0.2) is 12.1 Å². The van der Waals surface area contributed by atoms with Crippen molar-refractivity contribution in [3.8, 4) is 0 Å². The summed E-state index contributed by atoms with van der Waals surface area (Å²) in [4.78, 5) is 0. The van der Waals surface area contributed by atoms with Gasteiger partial charge in [0.2, 0.25) is 0 Å². The van der Waals surface area contributed by atoms with Crippen molar-refractivity contribution in [1.29, 1.82) is 0 Å². The van der Waals surface area contributed by atoms with Gasteiger partial charge in [-0.3, -0.25) is 0 Å². The molecule has 0 bridgehead atoms. The second-order valence-corrected chi connectivity index (χ2v) is 3.45. The Morgan fingerprint density at radius 2 is 1.53 bits per heavy atom. The van der Waals surface area contributed by atoms with Crippen molar-refractivity contribution in [2.24, 2.45) is 0 Å². The summed E-state index contributed by atoms with van der Waals surface area (Å²) in [7, 11) is 0. The Bertz CT molecular complexity index is 418. The quantitative estimate of drug-likeness (QED) is 0.599. The summed E-state index contributed by atoms with van der Waals surface area (Å²) in [6, 6.07) is 0.680. The average molecular weight is 257 g/mol. The Kier molecular flexibility index (Phi) is 3.31. The van der Waals surface area contributed by atoms with Gasteiger partial charge in [0.25, 0.3) is 0 Å². The van der Waals surface area contributed by atoms with Crippen molar-refractivity contribution in [1.82, 2.24) is 0 Å². The van der Waals surface area contributed by atoms with Gasteiger partial charge in [0.15, 0.2) is 0 Å². The number of hydrogen-bond donors (Lipinski definition) is 1. The summed E-state index contributed by atoms with van der Waals surface area (Å²) in [6.07, 6.45) is -9.72. The maximum atomic E-state index is 12.5. The van der Waals surface area contributed by atoms with Crippen molar-refractivity contribution in [2.75, 3.05) is 5.73 Å². The predicted octanol–water partition coefficient (Wildman–Crippen LogP) is 3.87. The first-order chi connectivity index (χ1) is 7.57. The first-order valence-corrected chi connectivity index (χ1v) is 4.64. The van der Waals surface area contributed by atoms with Gasteiger partial charge in [-0.05, 0) is 24.1 Å². The zero-order chi connectivity index (χ0) is 13.4. The second-order valence-electron chi connectivity index (χ2n) is 3.45. The topological polar surface area (TPSA) is 26.0 Å². The van der Waals surface area contributed by atoms with Crippen molar-refractivity contribution in [3.05, 3.63) is 28.8 Å². The molecule has 17 heavy (non-hydrogen) atoms. The SMILES string of the molecule is CCc1cc(C(F)(F)F)cc(C(F)(F)F)c1N. The minimum absolute atomic E-state index is 0.00116. The summed E-state index contributed by atoms with van der Waals surface area (Å²) >= 11 is 0. The minimum Gasteiger partial charge on any atom is -0.398 e. The van der Waals surface area contributed by atoms with Crippen LogP contribution in [0.25, 0.3) is 0 Å². The van der Waals surface area contributed by atoms with Crippen LogP contribution >= 0.6 is 0 Å². The molecule has 0 amide bonds. The molecule has 7 heteroatoms. The van der Waals surface area contributed by atoms with Crippen LogP contribution in [-0.4, -0.2) is 0 Å². The number of rotatable bonds is 1. The summed E-state index contributed by atoms with van der Waals surface area (Å²) in [5.74, 6) is 0. The van der Waals surface area contributed by atoms with Crippen molar-refractivity contribution < 1.29 is 26.3 Å². The molecule has 1 aromatic rings. The Labute approximate surface area is 93.2 Å². The molecule has 0 fully saturated rings. The molecule has 1 rings (SSSR count). The molecule has 0 atom stereocenters. The van der Waals surface area contributed by atoms with E-state index < -0.39 is 29.2 Å². The fourth-order valence-corrected chi connectivity index (χ4v) is 1.40. The predicted molar refractivity (Wildman–Crippen MR) is 50.2 cm³/mol. The molecular formula is C10H9F6N. The lowest BCUT2D eigenvalue weighted by Crippen LogP contribution is -2.15. The molecule has 0 saturated heterocycles. The molecule has 0 aliphatic rings. The van der Waals surface area contributed by atoms with Crippen LogP contribution in [0.1, 0.15) is 23.6 Å². The molecule has 2 N–H and O–H groups in total. The third kappa shape index (κ3) is 2.83. The van der Waals surface area contributed by atoms with Gasteiger partial charge in [-0.2, -0.15) is 26.3 Å². The van der Waals surface area contributed by atoms with Crippen molar-refractivity contribution in [3.63, 3.8) is 0 Å². The smallest absolute Gasteiger partial charge is 0.398 e. The number of alkyl halides is 6. The monoisotopic (exact) mass is 257 g/mol. The molecule has 0 saturated carbocycles. The van der Waals surface area contributed by atoms with Gasteiger partial charge >= 0.3 is 12.4 Å². The van der Waals surface area contributed by atoms with Crippen molar-refractivity contribution >= 4 is 5.69 Å². The molecule has 96 valence electrons. The molecule has 0 heterocycles. The zero-order valence-corrected chi connectivity index (χ0v) is 8.71. The molecule has 0 unspecified atom stereocenters.